The van der Waals surface area contributed by atoms with E-state index in [2.05, 4.69) is 20.3 Å². The molecule has 4 N–H and O–H groups in total. The van der Waals surface area contributed by atoms with Gasteiger partial charge < -0.3 is 20.9 Å². The molecule has 0 aliphatic rings. The van der Waals surface area contributed by atoms with Crippen molar-refractivity contribution >= 4 is 23.6 Å². The fourth-order valence-electron chi connectivity index (χ4n) is 3.22. The Kier molecular flexibility index (Phi) is 6.23. The second-order valence-electron chi connectivity index (χ2n) is 7.08. The van der Waals surface area contributed by atoms with E-state index in [1.165, 1.54) is 24.3 Å². The molecule has 166 valence electrons. The number of nitrogens with two attached hydrogens (primary N) is 1. The van der Waals surface area contributed by atoms with Crippen LogP contribution in [0.4, 0.5) is 22.0 Å². The lowest BCUT2D eigenvalue weighted by Crippen LogP contribution is -2.38. The molecule has 0 aliphatic carbocycles. The highest BCUT2D eigenvalue weighted by Gasteiger charge is 2.41. The number of benzene rings is 3. The number of aliphatic hydroxyl groups is 1. The molecule has 8 nitrogen and oxygen atoms in total. The van der Waals surface area contributed by atoms with Gasteiger partial charge in [0.25, 0.3) is 0 Å². The van der Waals surface area contributed by atoms with Crippen molar-refractivity contribution in [2.75, 3.05) is 11.1 Å². The first kappa shape index (κ1) is 21.8. The molecule has 0 spiro atoms. The summed E-state index contributed by atoms with van der Waals surface area (Å²) in [5.74, 6) is -1.20. The summed E-state index contributed by atoms with van der Waals surface area (Å²) in [4.78, 5) is 25.3. The van der Waals surface area contributed by atoms with E-state index in [1.54, 1.807) is 60.7 Å². The molecule has 0 radical (unpaired) electrons. The molecular formula is C24H20FN5O3. The summed E-state index contributed by atoms with van der Waals surface area (Å²) < 4.78 is 18.5. The Bertz CT molecular complexity index is 1200. The maximum Gasteiger partial charge on any atom is 0.348 e. The van der Waals surface area contributed by atoms with Gasteiger partial charge >= 0.3 is 5.97 Å². The van der Waals surface area contributed by atoms with Crippen LogP contribution in [0.15, 0.2) is 84.9 Å². The predicted molar refractivity (Wildman–Crippen MR) is 120 cm³/mol. The summed E-state index contributed by atoms with van der Waals surface area (Å²) in [6.45, 7) is -0.356. The van der Waals surface area contributed by atoms with Gasteiger partial charge in [-0.3, -0.25) is 0 Å². The average Bonchev–Trinajstić information content (AvgIpc) is 2.84. The lowest BCUT2D eigenvalue weighted by Gasteiger charge is -2.26. The molecule has 1 aromatic heterocycles. The third-order valence-electron chi connectivity index (χ3n) is 4.81. The van der Waals surface area contributed by atoms with Gasteiger partial charge in [-0.15, -0.1) is 0 Å². The standard InChI is InChI=1S/C24H20FN5O3/c25-18-11-13-19(14-12-18)27-23-29-20(28-22(26)30-23)15-33-21(31)24(32,16-7-3-1-4-8-16)17-9-5-2-6-10-17/h1-14,32H,15H2,(H3,26,27,28,29,30). The number of carbonyl (C=O) groups excluding carboxylic acids is 1. The van der Waals surface area contributed by atoms with Crippen LogP contribution in [0.3, 0.4) is 0 Å². The minimum Gasteiger partial charge on any atom is -0.455 e. The molecule has 33 heavy (non-hydrogen) atoms. The first-order chi connectivity index (χ1) is 15.9. The highest BCUT2D eigenvalue weighted by molar-refractivity contribution is 5.85. The van der Waals surface area contributed by atoms with Crippen molar-refractivity contribution in [3.05, 3.63) is 108 Å². The number of nitrogens with zero attached hydrogens (tertiary/aromatic N) is 3. The summed E-state index contributed by atoms with van der Waals surface area (Å²) in [6.07, 6.45) is 0. The van der Waals surface area contributed by atoms with Gasteiger partial charge in [-0.2, -0.15) is 15.0 Å². The van der Waals surface area contributed by atoms with Gasteiger partial charge in [-0.25, -0.2) is 9.18 Å². The highest BCUT2D eigenvalue weighted by Crippen LogP contribution is 2.31. The normalized spacial score (nSPS) is 11.1. The zero-order valence-electron chi connectivity index (χ0n) is 17.4. The Morgan fingerprint density at radius 1 is 0.909 bits per heavy atom. The molecule has 0 atom stereocenters. The Hall–Kier alpha value is -4.37. The van der Waals surface area contributed by atoms with Gasteiger partial charge in [-0.05, 0) is 35.4 Å². The number of halogens is 1. The summed E-state index contributed by atoms with van der Waals surface area (Å²) >= 11 is 0. The number of hydrogen-bond donors (Lipinski definition) is 3. The number of esters is 1. The van der Waals surface area contributed by atoms with Crippen molar-refractivity contribution in [2.45, 2.75) is 12.2 Å². The third-order valence-corrected chi connectivity index (χ3v) is 4.81. The number of aromatic nitrogens is 3. The van der Waals surface area contributed by atoms with Gasteiger partial charge in [0.1, 0.15) is 5.82 Å². The zero-order chi connectivity index (χ0) is 23.3. The van der Waals surface area contributed by atoms with E-state index in [1.807, 2.05) is 0 Å². The van der Waals surface area contributed by atoms with E-state index in [0.29, 0.717) is 16.8 Å². The lowest BCUT2D eigenvalue weighted by molar-refractivity contribution is -0.163. The molecule has 9 heteroatoms. The maximum absolute atomic E-state index is 13.1. The zero-order valence-corrected chi connectivity index (χ0v) is 17.4. The molecule has 1 heterocycles. The minimum atomic E-state index is -2.03. The Morgan fingerprint density at radius 3 is 2.06 bits per heavy atom. The highest BCUT2D eigenvalue weighted by atomic mass is 19.1. The quantitative estimate of drug-likeness (QED) is 0.370. The van der Waals surface area contributed by atoms with Gasteiger partial charge in [0.15, 0.2) is 12.4 Å². The van der Waals surface area contributed by atoms with Gasteiger partial charge in [-0.1, -0.05) is 60.7 Å². The molecular weight excluding hydrogens is 425 g/mol. The Labute approximate surface area is 188 Å². The molecule has 3 aromatic carbocycles. The number of rotatable bonds is 7. The summed E-state index contributed by atoms with van der Waals surface area (Å²) in [5, 5.41) is 14.3. The second-order valence-corrected chi connectivity index (χ2v) is 7.08. The van der Waals surface area contributed by atoms with E-state index >= 15 is 0 Å². The van der Waals surface area contributed by atoms with E-state index in [9.17, 15) is 14.3 Å². The van der Waals surface area contributed by atoms with E-state index < -0.39 is 11.6 Å². The molecule has 4 aromatic rings. The van der Waals surface area contributed by atoms with Crippen LogP contribution >= 0.6 is 0 Å². The molecule has 0 amide bonds. The number of nitrogen functional groups attached to an aromatic ring is 1. The fourth-order valence-corrected chi connectivity index (χ4v) is 3.22. The summed E-state index contributed by atoms with van der Waals surface area (Å²) in [6, 6.07) is 22.6. The van der Waals surface area contributed by atoms with Crippen LogP contribution < -0.4 is 11.1 Å². The van der Waals surface area contributed by atoms with E-state index in [-0.39, 0.29) is 30.1 Å². The SMILES string of the molecule is Nc1nc(COC(=O)C(O)(c2ccccc2)c2ccccc2)nc(Nc2ccc(F)cc2)n1. The molecule has 0 unspecified atom stereocenters. The average molecular weight is 445 g/mol. The second kappa shape index (κ2) is 9.41. The number of anilines is 3. The van der Waals surface area contributed by atoms with Crippen LogP contribution in [0.1, 0.15) is 17.0 Å². The predicted octanol–water partition coefficient (Wildman–Crippen LogP) is 3.32. The van der Waals surface area contributed by atoms with Crippen LogP contribution in [-0.2, 0) is 21.7 Å². The third kappa shape index (κ3) is 4.94. The van der Waals surface area contributed by atoms with Crippen molar-refractivity contribution in [1.82, 2.24) is 15.0 Å². The molecule has 0 saturated heterocycles. The first-order valence-electron chi connectivity index (χ1n) is 9.99. The van der Waals surface area contributed by atoms with E-state index in [0.717, 1.165) is 0 Å². The molecule has 4 rings (SSSR count). The van der Waals surface area contributed by atoms with Crippen molar-refractivity contribution in [3.63, 3.8) is 0 Å². The molecule has 0 saturated carbocycles. The molecule has 0 bridgehead atoms. The Balaban J connectivity index is 1.55. The summed E-state index contributed by atoms with van der Waals surface area (Å²) in [7, 11) is 0. The molecule has 0 fully saturated rings. The largest absolute Gasteiger partial charge is 0.455 e. The van der Waals surface area contributed by atoms with Crippen LogP contribution in [0.25, 0.3) is 0 Å². The van der Waals surface area contributed by atoms with Crippen molar-refractivity contribution < 1.29 is 19.0 Å². The topological polar surface area (TPSA) is 123 Å². The maximum atomic E-state index is 13.1. The van der Waals surface area contributed by atoms with Crippen LogP contribution in [0.2, 0.25) is 0 Å². The van der Waals surface area contributed by atoms with Crippen molar-refractivity contribution in [1.29, 1.82) is 0 Å². The van der Waals surface area contributed by atoms with Crippen molar-refractivity contribution in [2.24, 2.45) is 0 Å². The monoisotopic (exact) mass is 445 g/mol. The molecule has 0 aliphatic heterocycles. The van der Waals surface area contributed by atoms with Crippen LogP contribution in [0.5, 0.6) is 0 Å². The van der Waals surface area contributed by atoms with Crippen LogP contribution in [-0.4, -0.2) is 26.0 Å². The smallest absolute Gasteiger partial charge is 0.348 e. The summed E-state index contributed by atoms with van der Waals surface area (Å²) in [5.41, 5.74) is 4.98. The van der Waals surface area contributed by atoms with Crippen molar-refractivity contribution in [3.8, 4) is 0 Å². The van der Waals surface area contributed by atoms with E-state index in [4.69, 9.17) is 10.5 Å². The van der Waals surface area contributed by atoms with Gasteiger partial charge in [0.2, 0.25) is 17.5 Å². The minimum absolute atomic E-state index is 0.0731. The number of ether oxygens (including phenoxy) is 1. The Morgan fingerprint density at radius 2 is 1.48 bits per heavy atom. The number of nitrogens with one attached hydrogen (secondary N) is 1. The first-order valence-corrected chi connectivity index (χ1v) is 9.99. The van der Waals surface area contributed by atoms with Gasteiger partial charge in [0.05, 0.1) is 0 Å². The fraction of sp³-hybridized carbons (Fsp3) is 0.0833. The number of carbonyl (C=O) groups is 1. The lowest BCUT2D eigenvalue weighted by atomic mass is 9.86. The van der Waals surface area contributed by atoms with Crippen LogP contribution in [0, 0.1) is 5.82 Å². The van der Waals surface area contributed by atoms with Gasteiger partial charge in [0, 0.05) is 5.69 Å². The number of hydrogen-bond acceptors (Lipinski definition) is 8.